The van der Waals surface area contributed by atoms with Crippen molar-refractivity contribution in [2.75, 3.05) is 7.05 Å². The predicted octanol–water partition coefficient (Wildman–Crippen LogP) is 2.78. The highest BCUT2D eigenvalue weighted by molar-refractivity contribution is 7.88. The van der Waals surface area contributed by atoms with Crippen molar-refractivity contribution in [3.05, 3.63) is 65.5 Å². The van der Waals surface area contributed by atoms with Gasteiger partial charge in [0.05, 0.1) is 18.0 Å². The standard InChI is InChI=1S/C15H17ClN2O2S/c1-18(11-15-7-2-3-8-17-15)21(19,20)12-14-6-4-5-13(9-14)10-16/h2-9H,10-12H2,1H3. The van der Waals surface area contributed by atoms with Crippen LogP contribution in [-0.4, -0.2) is 24.8 Å². The number of pyridine rings is 1. The van der Waals surface area contributed by atoms with Crippen LogP contribution < -0.4 is 0 Å². The molecule has 0 amide bonds. The molecule has 21 heavy (non-hydrogen) atoms. The van der Waals surface area contributed by atoms with Gasteiger partial charge in [-0.05, 0) is 23.3 Å². The number of hydrogen-bond donors (Lipinski definition) is 0. The number of hydrogen-bond acceptors (Lipinski definition) is 3. The molecule has 0 aliphatic rings. The Morgan fingerprint density at radius 2 is 1.90 bits per heavy atom. The molecule has 0 spiro atoms. The normalized spacial score (nSPS) is 11.8. The maximum atomic E-state index is 12.4. The molecule has 1 aromatic carbocycles. The third kappa shape index (κ3) is 4.52. The van der Waals surface area contributed by atoms with Crippen LogP contribution in [0.3, 0.4) is 0 Å². The summed E-state index contributed by atoms with van der Waals surface area (Å²) in [5, 5.41) is 0. The van der Waals surface area contributed by atoms with Crippen molar-refractivity contribution < 1.29 is 8.42 Å². The lowest BCUT2D eigenvalue weighted by molar-refractivity contribution is 0.461. The second-order valence-corrected chi connectivity index (χ2v) is 7.13. The van der Waals surface area contributed by atoms with Gasteiger partial charge in [-0.15, -0.1) is 11.6 Å². The van der Waals surface area contributed by atoms with Crippen molar-refractivity contribution in [1.82, 2.24) is 9.29 Å². The molecule has 0 radical (unpaired) electrons. The number of sulfonamides is 1. The fraction of sp³-hybridized carbons (Fsp3) is 0.267. The molecule has 0 atom stereocenters. The van der Waals surface area contributed by atoms with Gasteiger partial charge in [0, 0.05) is 19.1 Å². The third-order valence-corrected chi connectivity index (χ3v) is 5.17. The lowest BCUT2D eigenvalue weighted by atomic mass is 10.2. The highest BCUT2D eigenvalue weighted by Gasteiger charge is 2.19. The van der Waals surface area contributed by atoms with Gasteiger partial charge in [-0.3, -0.25) is 4.98 Å². The number of halogens is 1. The van der Waals surface area contributed by atoms with Crippen molar-refractivity contribution in [3.8, 4) is 0 Å². The molecule has 0 aliphatic carbocycles. The molecule has 4 nitrogen and oxygen atoms in total. The van der Waals surface area contributed by atoms with E-state index in [4.69, 9.17) is 11.6 Å². The van der Waals surface area contributed by atoms with E-state index in [2.05, 4.69) is 4.98 Å². The van der Waals surface area contributed by atoms with Crippen molar-refractivity contribution in [2.45, 2.75) is 18.2 Å². The monoisotopic (exact) mass is 324 g/mol. The Morgan fingerprint density at radius 1 is 1.14 bits per heavy atom. The van der Waals surface area contributed by atoms with E-state index in [1.807, 2.05) is 24.3 Å². The average Bonchev–Trinajstić information content (AvgIpc) is 2.48. The fourth-order valence-electron chi connectivity index (χ4n) is 1.94. The smallest absolute Gasteiger partial charge is 0.218 e. The van der Waals surface area contributed by atoms with Crippen LogP contribution >= 0.6 is 11.6 Å². The highest BCUT2D eigenvalue weighted by atomic mass is 35.5. The van der Waals surface area contributed by atoms with E-state index in [1.165, 1.54) is 4.31 Å². The molecule has 0 unspecified atom stereocenters. The second kappa shape index (κ2) is 7.02. The number of rotatable bonds is 6. The van der Waals surface area contributed by atoms with Crippen LogP contribution in [0, 0.1) is 0 Å². The summed E-state index contributed by atoms with van der Waals surface area (Å²) in [5.41, 5.74) is 2.37. The zero-order chi connectivity index (χ0) is 15.3. The largest absolute Gasteiger partial charge is 0.260 e. The fourth-order valence-corrected chi connectivity index (χ4v) is 3.26. The van der Waals surface area contributed by atoms with Gasteiger partial charge in [0.1, 0.15) is 0 Å². The van der Waals surface area contributed by atoms with Crippen molar-refractivity contribution in [3.63, 3.8) is 0 Å². The molecule has 0 bridgehead atoms. The summed E-state index contributed by atoms with van der Waals surface area (Å²) in [4.78, 5) is 4.14. The first kappa shape index (κ1) is 15.9. The number of nitrogens with zero attached hydrogens (tertiary/aromatic N) is 2. The minimum atomic E-state index is -3.39. The molecule has 2 aromatic rings. The van der Waals surface area contributed by atoms with E-state index in [0.717, 1.165) is 16.8 Å². The second-order valence-electron chi connectivity index (χ2n) is 4.79. The molecular formula is C15H17ClN2O2S. The quantitative estimate of drug-likeness (QED) is 0.768. The van der Waals surface area contributed by atoms with Gasteiger partial charge in [-0.25, -0.2) is 8.42 Å². The predicted molar refractivity (Wildman–Crippen MR) is 84.3 cm³/mol. The molecule has 0 fully saturated rings. The maximum Gasteiger partial charge on any atom is 0.218 e. The Hall–Kier alpha value is -1.43. The number of benzene rings is 1. The Bertz CT molecular complexity index is 690. The Balaban J connectivity index is 2.10. The van der Waals surface area contributed by atoms with Crippen LogP contribution in [0.2, 0.25) is 0 Å². The van der Waals surface area contributed by atoms with Crippen LogP contribution in [0.4, 0.5) is 0 Å². The van der Waals surface area contributed by atoms with E-state index >= 15 is 0 Å². The molecule has 2 rings (SSSR count). The Kier molecular flexibility index (Phi) is 5.33. The van der Waals surface area contributed by atoms with Crippen molar-refractivity contribution in [1.29, 1.82) is 0 Å². The van der Waals surface area contributed by atoms with Crippen LogP contribution in [0.15, 0.2) is 48.7 Å². The van der Waals surface area contributed by atoms with Gasteiger partial charge >= 0.3 is 0 Å². The zero-order valence-electron chi connectivity index (χ0n) is 11.7. The molecule has 0 saturated heterocycles. The first-order valence-electron chi connectivity index (χ1n) is 6.49. The molecule has 0 aliphatic heterocycles. The summed E-state index contributed by atoms with van der Waals surface area (Å²) in [6, 6.07) is 12.8. The molecule has 0 saturated carbocycles. The van der Waals surface area contributed by atoms with E-state index in [1.54, 1.807) is 31.4 Å². The van der Waals surface area contributed by atoms with Crippen molar-refractivity contribution in [2.24, 2.45) is 0 Å². The van der Waals surface area contributed by atoms with E-state index in [9.17, 15) is 8.42 Å². The average molecular weight is 325 g/mol. The summed E-state index contributed by atoms with van der Waals surface area (Å²) < 4.78 is 26.1. The summed E-state index contributed by atoms with van der Waals surface area (Å²) in [6.45, 7) is 0.262. The molecule has 0 N–H and O–H groups in total. The van der Waals surface area contributed by atoms with Gasteiger partial charge in [0.2, 0.25) is 10.0 Å². The Labute approximate surface area is 130 Å². The lowest BCUT2D eigenvalue weighted by Crippen LogP contribution is -2.28. The number of alkyl halides is 1. The van der Waals surface area contributed by atoms with Gasteiger partial charge in [-0.1, -0.05) is 30.3 Å². The van der Waals surface area contributed by atoms with Crippen LogP contribution in [0.25, 0.3) is 0 Å². The summed E-state index contributed by atoms with van der Waals surface area (Å²) in [7, 11) is -1.82. The highest BCUT2D eigenvalue weighted by Crippen LogP contribution is 2.14. The third-order valence-electron chi connectivity index (χ3n) is 3.08. The summed E-state index contributed by atoms with van der Waals surface area (Å²) in [6.07, 6.45) is 1.65. The molecule has 1 aromatic heterocycles. The van der Waals surface area contributed by atoms with E-state index in [-0.39, 0.29) is 12.3 Å². The van der Waals surface area contributed by atoms with Crippen LogP contribution in [-0.2, 0) is 28.2 Å². The first-order chi connectivity index (χ1) is 10.0. The van der Waals surface area contributed by atoms with E-state index < -0.39 is 10.0 Å². The maximum absolute atomic E-state index is 12.4. The summed E-state index contributed by atoms with van der Waals surface area (Å²) in [5.74, 6) is 0.332. The molecule has 6 heteroatoms. The molecular weight excluding hydrogens is 308 g/mol. The van der Waals surface area contributed by atoms with Gasteiger partial charge in [0.15, 0.2) is 0 Å². The first-order valence-corrected chi connectivity index (χ1v) is 8.63. The number of aromatic nitrogens is 1. The van der Waals surface area contributed by atoms with Gasteiger partial charge in [0.25, 0.3) is 0 Å². The molecule has 112 valence electrons. The topological polar surface area (TPSA) is 50.3 Å². The van der Waals surface area contributed by atoms with Crippen LogP contribution in [0.1, 0.15) is 16.8 Å². The Morgan fingerprint density at radius 3 is 2.57 bits per heavy atom. The van der Waals surface area contributed by atoms with Crippen LogP contribution in [0.5, 0.6) is 0 Å². The minimum Gasteiger partial charge on any atom is -0.260 e. The van der Waals surface area contributed by atoms with Crippen molar-refractivity contribution >= 4 is 21.6 Å². The molecule has 1 heterocycles. The minimum absolute atomic E-state index is 0.0406. The zero-order valence-corrected chi connectivity index (χ0v) is 13.3. The SMILES string of the molecule is CN(Cc1ccccn1)S(=O)(=O)Cc1cccc(CCl)c1. The van der Waals surface area contributed by atoms with Gasteiger partial charge in [-0.2, -0.15) is 4.31 Å². The lowest BCUT2D eigenvalue weighted by Gasteiger charge is -2.17. The summed E-state index contributed by atoms with van der Waals surface area (Å²) >= 11 is 5.77. The van der Waals surface area contributed by atoms with E-state index in [0.29, 0.717) is 5.88 Å². The van der Waals surface area contributed by atoms with Gasteiger partial charge < -0.3 is 0 Å².